The van der Waals surface area contributed by atoms with Crippen molar-refractivity contribution in [1.82, 2.24) is 30.3 Å². The molecule has 1 fully saturated rings. The van der Waals surface area contributed by atoms with Crippen molar-refractivity contribution in [2.75, 3.05) is 19.6 Å². The van der Waals surface area contributed by atoms with E-state index in [1.165, 1.54) is 6.33 Å². The Morgan fingerprint density at radius 3 is 2.86 bits per heavy atom. The van der Waals surface area contributed by atoms with Crippen LogP contribution in [0.4, 0.5) is 4.79 Å². The molecule has 122 valence electrons. The molecule has 8 nitrogen and oxygen atoms in total. The molecule has 1 aromatic heterocycles. The van der Waals surface area contributed by atoms with Gasteiger partial charge in [0.2, 0.25) is 5.91 Å². The van der Waals surface area contributed by atoms with Gasteiger partial charge in [0.05, 0.1) is 6.04 Å². The molecule has 1 aromatic rings. The molecule has 0 bridgehead atoms. The first-order valence-electron chi connectivity index (χ1n) is 7.63. The SMILES string of the molecule is CC(C)CC(NC(=O)N1CCNC(=O)CC1)c1ncnn1C. The number of carbonyl (C=O) groups is 2. The Kier molecular flexibility index (Phi) is 5.35. The van der Waals surface area contributed by atoms with Crippen molar-refractivity contribution in [3.05, 3.63) is 12.2 Å². The largest absolute Gasteiger partial charge is 0.354 e. The third-order valence-corrected chi connectivity index (χ3v) is 3.66. The smallest absolute Gasteiger partial charge is 0.318 e. The molecule has 2 rings (SSSR count). The number of aromatic nitrogens is 3. The second kappa shape index (κ2) is 7.24. The van der Waals surface area contributed by atoms with E-state index in [1.807, 2.05) is 7.05 Å². The van der Waals surface area contributed by atoms with Crippen molar-refractivity contribution in [2.24, 2.45) is 13.0 Å². The van der Waals surface area contributed by atoms with Gasteiger partial charge in [0.1, 0.15) is 12.2 Å². The van der Waals surface area contributed by atoms with Crippen LogP contribution in [0.15, 0.2) is 6.33 Å². The van der Waals surface area contributed by atoms with Crippen LogP contribution in [0.1, 0.15) is 38.6 Å². The average molecular weight is 308 g/mol. The number of hydrogen-bond donors (Lipinski definition) is 2. The third-order valence-electron chi connectivity index (χ3n) is 3.66. The summed E-state index contributed by atoms with van der Waals surface area (Å²) >= 11 is 0. The summed E-state index contributed by atoms with van der Waals surface area (Å²) in [7, 11) is 1.82. The van der Waals surface area contributed by atoms with E-state index in [0.717, 1.165) is 12.2 Å². The molecule has 0 spiro atoms. The van der Waals surface area contributed by atoms with E-state index in [9.17, 15) is 9.59 Å². The second-order valence-corrected chi connectivity index (χ2v) is 5.96. The lowest BCUT2D eigenvalue weighted by Crippen LogP contribution is -2.44. The number of carbonyl (C=O) groups excluding carboxylic acids is 2. The Bertz CT molecular complexity index is 527. The fraction of sp³-hybridized carbons (Fsp3) is 0.714. The number of nitrogens with one attached hydrogen (secondary N) is 2. The zero-order valence-corrected chi connectivity index (χ0v) is 13.4. The van der Waals surface area contributed by atoms with Crippen molar-refractivity contribution in [1.29, 1.82) is 0 Å². The summed E-state index contributed by atoms with van der Waals surface area (Å²) in [6.45, 7) is 5.65. The summed E-state index contributed by atoms with van der Waals surface area (Å²) < 4.78 is 1.68. The van der Waals surface area contributed by atoms with E-state index in [-0.39, 0.29) is 18.0 Å². The minimum atomic E-state index is -0.188. The monoisotopic (exact) mass is 308 g/mol. The van der Waals surface area contributed by atoms with Crippen LogP contribution < -0.4 is 10.6 Å². The predicted octanol–water partition coefficient (Wildman–Crippen LogP) is 0.434. The van der Waals surface area contributed by atoms with E-state index in [2.05, 4.69) is 34.6 Å². The summed E-state index contributed by atoms with van der Waals surface area (Å²) in [5.41, 5.74) is 0. The molecule has 22 heavy (non-hydrogen) atoms. The summed E-state index contributed by atoms with van der Waals surface area (Å²) in [4.78, 5) is 29.8. The Balaban J connectivity index is 2.04. The van der Waals surface area contributed by atoms with Gasteiger partial charge in [-0.25, -0.2) is 9.78 Å². The Morgan fingerprint density at radius 2 is 2.23 bits per heavy atom. The fourth-order valence-electron chi connectivity index (χ4n) is 2.53. The van der Waals surface area contributed by atoms with Gasteiger partial charge in [0.25, 0.3) is 0 Å². The molecular formula is C14H24N6O2. The van der Waals surface area contributed by atoms with Crippen LogP contribution in [0.25, 0.3) is 0 Å². The highest BCUT2D eigenvalue weighted by Gasteiger charge is 2.24. The minimum Gasteiger partial charge on any atom is -0.354 e. The van der Waals surface area contributed by atoms with E-state index in [4.69, 9.17) is 0 Å². The number of rotatable bonds is 4. The van der Waals surface area contributed by atoms with E-state index in [1.54, 1.807) is 9.58 Å². The molecule has 0 radical (unpaired) electrons. The van der Waals surface area contributed by atoms with Gasteiger partial charge in [0, 0.05) is 33.1 Å². The number of nitrogens with zero attached hydrogens (tertiary/aromatic N) is 4. The molecule has 0 saturated carbocycles. The summed E-state index contributed by atoms with van der Waals surface area (Å²) in [6, 6.07) is -0.350. The topological polar surface area (TPSA) is 92.2 Å². The van der Waals surface area contributed by atoms with Crippen LogP contribution in [0.2, 0.25) is 0 Å². The highest BCUT2D eigenvalue weighted by molar-refractivity contribution is 5.79. The normalized spacial score (nSPS) is 17.1. The van der Waals surface area contributed by atoms with E-state index >= 15 is 0 Å². The van der Waals surface area contributed by atoms with Crippen molar-refractivity contribution in [3.63, 3.8) is 0 Å². The highest BCUT2D eigenvalue weighted by atomic mass is 16.2. The van der Waals surface area contributed by atoms with E-state index in [0.29, 0.717) is 32.0 Å². The van der Waals surface area contributed by atoms with Gasteiger partial charge in [-0.1, -0.05) is 13.8 Å². The van der Waals surface area contributed by atoms with Crippen LogP contribution in [0, 0.1) is 5.92 Å². The van der Waals surface area contributed by atoms with Crippen LogP contribution in [-0.2, 0) is 11.8 Å². The Labute approximate surface area is 130 Å². The molecule has 3 amide bonds. The first kappa shape index (κ1) is 16.3. The maximum atomic E-state index is 12.5. The lowest BCUT2D eigenvalue weighted by molar-refractivity contribution is -0.120. The Hall–Kier alpha value is -2.12. The molecule has 1 aliphatic rings. The molecule has 8 heteroatoms. The van der Waals surface area contributed by atoms with Crippen LogP contribution in [-0.4, -0.2) is 51.2 Å². The van der Waals surface area contributed by atoms with Crippen LogP contribution >= 0.6 is 0 Å². The van der Waals surface area contributed by atoms with Gasteiger partial charge in [-0.05, 0) is 12.3 Å². The number of amides is 3. The molecule has 1 unspecified atom stereocenters. The highest BCUT2D eigenvalue weighted by Crippen LogP contribution is 2.19. The zero-order chi connectivity index (χ0) is 16.1. The predicted molar refractivity (Wildman–Crippen MR) is 80.9 cm³/mol. The van der Waals surface area contributed by atoms with Crippen LogP contribution in [0.3, 0.4) is 0 Å². The van der Waals surface area contributed by atoms with Gasteiger partial charge in [-0.3, -0.25) is 9.48 Å². The molecule has 0 aliphatic carbocycles. The molecule has 1 atom stereocenters. The van der Waals surface area contributed by atoms with Crippen molar-refractivity contribution >= 4 is 11.9 Å². The first-order chi connectivity index (χ1) is 10.5. The standard InChI is InChI=1S/C14H24N6O2/c1-10(2)8-11(13-16-9-17-19(13)3)18-14(22)20-6-4-12(21)15-5-7-20/h9-11H,4-8H2,1-3H3,(H,15,21)(H,18,22). The van der Waals surface area contributed by atoms with E-state index < -0.39 is 0 Å². The summed E-state index contributed by atoms with van der Waals surface area (Å²) in [5, 5.41) is 9.87. The van der Waals surface area contributed by atoms with Crippen molar-refractivity contribution in [2.45, 2.75) is 32.7 Å². The van der Waals surface area contributed by atoms with Gasteiger partial charge < -0.3 is 15.5 Å². The summed E-state index contributed by atoms with van der Waals surface area (Å²) in [5.74, 6) is 1.14. The molecular weight excluding hydrogens is 284 g/mol. The quantitative estimate of drug-likeness (QED) is 0.844. The zero-order valence-electron chi connectivity index (χ0n) is 13.4. The van der Waals surface area contributed by atoms with Gasteiger partial charge >= 0.3 is 6.03 Å². The van der Waals surface area contributed by atoms with Gasteiger partial charge in [-0.15, -0.1) is 0 Å². The third kappa shape index (κ3) is 4.19. The molecule has 2 N–H and O–H groups in total. The number of hydrogen-bond acceptors (Lipinski definition) is 4. The maximum absolute atomic E-state index is 12.5. The van der Waals surface area contributed by atoms with Crippen molar-refractivity contribution < 1.29 is 9.59 Å². The molecule has 0 aromatic carbocycles. The minimum absolute atomic E-state index is 0.0117. The average Bonchev–Trinajstić information content (AvgIpc) is 2.74. The number of aryl methyl sites for hydroxylation is 1. The Morgan fingerprint density at radius 1 is 1.45 bits per heavy atom. The lowest BCUT2D eigenvalue weighted by Gasteiger charge is -2.25. The second-order valence-electron chi connectivity index (χ2n) is 5.96. The number of urea groups is 1. The maximum Gasteiger partial charge on any atom is 0.318 e. The van der Waals surface area contributed by atoms with Crippen molar-refractivity contribution in [3.8, 4) is 0 Å². The molecule has 1 saturated heterocycles. The van der Waals surface area contributed by atoms with Gasteiger partial charge in [-0.2, -0.15) is 5.10 Å². The summed E-state index contributed by atoms with van der Waals surface area (Å²) in [6.07, 6.45) is 2.61. The van der Waals surface area contributed by atoms with Gasteiger partial charge in [0.15, 0.2) is 0 Å². The lowest BCUT2D eigenvalue weighted by atomic mass is 10.0. The molecule has 1 aliphatic heterocycles. The molecule has 2 heterocycles. The van der Waals surface area contributed by atoms with Crippen LogP contribution in [0.5, 0.6) is 0 Å². The first-order valence-corrected chi connectivity index (χ1v) is 7.63. The fourth-order valence-corrected chi connectivity index (χ4v) is 2.53.